The first-order valence-corrected chi connectivity index (χ1v) is 9.44. The van der Waals surface area contributed by atoms with E-state index in [1.807, 2.05) is 12.1 Å². The summed E-state index contributed by atoms with van der Waals surface area (Å²) in [6.07, 6.45) is 3.32. The summed E-state index contributed by atoms with van der Waals surface area (Å²) in [4.78, 5) is 16.1. The molecular weight excluding hydrogens is 439 g/mol. The van der Waals surface area contributed by atoms with Crippen LogP contribution in [0, 0.1) is 0 Å². The van der Waals surface area contributed by atoms with Crippen molar-refractivity contribution in [2.24, 2.45) is 10.8 Å². The minimum Gasteiger partial charge on any atom is -0.507 e. The average molecular weight is 458 g/mol. The number of hydrazine groups is 1. The molecule has 0 atom stereocenters. The van der Waals surface area contributed by atoms with Crippen molar-refractivity contribution in [1.29, 1.82) is 0 Å². The summed E-state index contributed by atoms with van der Waals surface area (Å²) < 4.78 is 7.56. The van der Waals surface area contributed by atoms with E-state index in [9.17, 15) is 9.90 Å². The predicted molar refractivity (Wildman–Crippen MR) is 122 cm³/mol. The van der Waals surface area contributed by atoms with Crippen molar-refractivity contribution in [3.8, 4) is 11.5 Å². The Bertz CT molecular complexity index is 1180. The molecule has 0 aliphatic carbocycles. The number of halogens is 2. The molecule has 1 aliphatic heterocycles. The molecule has 0 unspecified atom stereocenters. The highest BCUT2D eigenvalue weighted by molar-refractivity contribution is 6.30. The minimum absolute atomic E-state index is 0. The standard InChI is InChI=1S/C22H17ClN4O3.ClH/c23-17-4-1-14(2-5-17)12-30-18-6-8-21(28)16(9-18)11-27-13-25-19-7-3-15(10-20(19)27)22(29)26-24;/h1-11,13H,12,24H2,(H,26,29);1H/p+1. The monoisotopic (exact) mass is 457 g/mol. The predicted octanol–water partition coefficient (Wildman–Crippen LogP) is 4.09. The number of nitrogens with one attached hydrogen (secondary N) is 1. The van der Waals surface area contributed by atoms with Crippen molar-refractivity contribution >= 4 is 53.8 Å². The number of nitrogens with two attached hydrogens (primary N) is 1. The fraction of sp³-hybridized carbons (Fsp3) is 0.0455. The third-order valence-corrected chi connectivity index (χ3v) is 4.82. The van der Waals surface area contributed by atoms with Crippen molar-refractivity contribution < 1.29 is 19.2 Å². The highest BCUT2D eigenvalue weighted by atomic mass is 35.5. The lowest BCUT2D eigenvalue weighted by molar-refractivity contribution is -0.282. The first-order valence-electron chi connectivity index (χ1n) is 9.06. The Hall–Kier alpha value is -3.39. The number of hydrogen-bond acceptors (Lipinski definition) is 5. The van der Waals surface area contributed by atoms with Crippen LogP contribution in [0.5, 0.6) is 11.5 Å². The minimum atomic E-state index is -0.398. The average Bonchev–Trinajstić information content (AvgIpc) is 3.16. The topological polar surface area (TPSA) is 100.0 Å². The van der Waals surface area contributed by atoms with Gasteiger partial charge in [0.25, 0.3) is 12.2 Å². The molecule has 31 heavy (non-hydrogen) atoms. The van der Waals surface area contributed by atoms with E-state index in [2.05, 4.69) is 10.4 Å². The van der Waals surface area contributed by atoms with Gasteiger partial charge in [0.1, 0.15) is 24.3 Å². The molecule has 0 saturated heterocycles. The second kappa shape index (κ2) is 9.61. The zero-order valence-corrected chi connectivity index (χ0v) is 17.7. The molecule has 0 bridgehead atoms. The van der Waals surface area contributed by atoms with Crippen LogP contribution in [0.15, 0.2) is 65.7 Å². The zero-order chi connectivity index (χ0) is 21.1. The van der Waals surface area contributed by atoms with Gasteiger partial charge < -0.3 is 9.84 Å². The van der Waals surface area contributed by atoms with E-state index in [1.165, 1.54) is 0 Å². The molecule has 9 heteroatoms. The summed E-state index contributed by atoms with van der Waals surface area (Å²) in [6.45, 7) is 0.368. The number of aromatic hydroxyl groups is 1. The van der Waals surface area contributed by atoms with E-state index < -0.39 is 5.91 Å². The Morgan fingerprint density at radius 1 is 1.16 bits per heavy atom. The second-order valence-electron chi connectivity index (χ2n) is 6.59. The lowest BCUT2D eigenvalue weighted by Crippen LogP contribution is -2.29. The number of phenols is 1. The molecule has 7 nitrogen and oxygen atoms in total. The van der Waals surface area contributed by atoms with Gasteiger partial charge >= 0.3 is 0 Å². The molecule has 0 aromatic heterocycles. The molecule has 0 spiro atoms. The first kappa shape index (κ1) is 22.3. The molecule has 3 aromatic rings. The summed E-state index contributed by atoms with van der Waals surface area (Å²) in [6, 6.07) is 17.4. The van der Waals surface area contributed by atoms with Gasteiger partial charge in [-0.1, -0.05) is 23.7 Å². The molecule has 158 valence electrons. The van der Waals surface area contributed by atoms with E-state index in [0.29, 0.717) is 39.9 Å². The van der Waals surface area contributed by atoms with Gasteiger partial charge in [0.05, 0.1) is 5.56 Å². The van der Waals surface area contributed by atoms with Gasteiger partial charge in [-0.3, -0.25) is 10.2 Å². The van der Waals surface area contributed by atoms with Gasteiger partial charge in [-0.15, -0.1) is 12.4 Å². The van der Waals surface area contributed by atoms with Crippen molar-refractivity contribution in [2.45, 2.75) is 6.61 Å². The molecule has 4 rings (SSSR count). The Morgan fingerprint density at radius 2 is 1.94 bits per heavy atom. The van der Waals surface area contributed by atoms with E-state index in [4.69, 9.17) is 22.2 Å². The number of benzene rings is 3. The maximum atomic E-state index is 11.8. The smallest absolute Gasteiger partial charge is 0.292 e. The van der Waals surface area contributed by atoms with Gasteiger partial charge in [0.15, 0.2) is 5.69 Å². The number of ether oxygens (including phenoxy) is 1. The van der Waals surface area contributed by atoms with E-state index >= 15 is 0 Å². The van der Waals surface area contributed by atoms with Crippen LogP contribution in [0.4, 0.5) is 11.4 Å². The third-order valence-electron chi connectivity index (χ3n) is 4.56. The van der Waals surface area contributed by atoms with Gasteiger partial charge in [0.2, 0.25) is 5.69 Å². The third kappa shape index (κ3) is 5.03. The van der Waals surface area contributed by atoms with Crippen molar-refractivity contribution in [2.75, 3.05) is 0 Å². The van der Waals surface area contributed by atoms with E-state index in [-0.39, 0.29) is 18.2 Å². The highest BCUT2D eigenvalue weighted by Gasteiger charge is 2.22. The van der Waals surface area contributed by atoms with Gasteiger partial charge in [-0.25, -0.2) is 5.84 Å². The Kier molecular flexibility index (Phi) is 6.91. The fourth-order valence-corrected chi connectivity index (χ4v) is 3.10. The Morgan fingerprint density at radius 3 is 2.68 bits per heavy atom. The molecule has 0 saturated carbocycles. The van der Waals surface area contributed by atoms with Crippen molar-refractivity contribution in [3.63, 3.8) is 0 Å². The van der Waals surface area contributed by atoms with Crippen molar-refractivity contribution in [3.05, 3.63) is 82.4 Å². The SMILES string of the molecule is Cl.NNC(=O)c1ccc2c(c1)[N+](=Cc1cc(OCc3ccc(Cl)cc3)ccc1O)C=N2. The summed E-state index contributed by atoms with van der Waals surface area (Å²) in [7, 11) is 0. The first-order chi connectivity index (χ1) is 14.5. The molecule has 1 aliphatic rings. The van der Waals surface area contributed by atoms with Crippen LogP contribution in [-0.4, -0.2) is 28.1 Å². The number of amides is 1. The maximum Gasteiger partial charge on any atom is 0.292 e. The van der Waals surface area contributed by atoms with Crippen LogP contribution < -0.4 is 16.0 Å². The van der Waals surface area contributed by atoms with Crippen molar-refractivity contribution in [1.82, 2.24) is 5.43 Å². The summed E-state index contributed by atoms with van der Waals surface area (Å²) in [5, 5.41) is 11.0. The number of fused-ring (bicyclic) bond motifs is 1. The fourth-order valence-electron chi connectivity index (χ4n) is 2.98. The van der Waals surface area contributed by atoms with E-state index in [1.54, 1.807) is 65.7 Å². The maximum absolute atomic E-state index is 11.8. The number of carbonyl (C=O) groups is 1. The lowest BCUT2D eigenvalue weighted by Gasteiger charge is -2.08. The zero-order valence-electron chi connectivity index (χ0n) is 16.2. The summed E-state index contributed by atoms with van der Waals surface area (Å²) >= 11 is 5.90. The summed E-state index contributed by atoms with van der Waals surface area (Å²) in [5.41, 5.74) is 5.43. The normalized spacial score (nSPS) is 12.9. The van der Waals surface area contributed by atoms with Crippen LogP contribution in [-0.2, 0) is 6.61 Å². The van der Waals surface area contributed by atoms with Gasteiger partial charge in [-0.05, 0) is 53.0 Å². The molecule has 3 aromatic carbocycles. The highest BCUT2D eigenvalue weighted by Crippen LogP contribution is 2.33. The Balaban J connectivity index is 0.00000272. The second-order valence-corrected chi connectivity index (χ2v) is 7.03. The number of nitrogen functional groups attached to an aromatic ring is 1. The molecule has 1 amide bonds. The quantitative estimate of drug-likeness (QED) is 0.232. The largest absolute Gasteiger partial charge is 0.507 e. The van der Waals surface area contributed by atoms with Crippen LogP contribution in [0.25, 0.3) is 0 Å². The molecule has 0 radical (unpaired) electrons. The number of phenolic OH excluding ortho intramolecular Hbond substituents is 1. The molecule has 0 fully saturated rings. The van der Waals surface area contributed by atoms with Gasteiger partial charge in [-0.2, -0.15) is 4.58 Å². The number of carbonyl (C=O) groups excluding carboxylic acids is 1. The molecular formula is C22H19Cl2N4O3+. The van der Waals surface area contributed by atoms with Gasteiger partial charge in [0, 0.05) is 16.7 Å². The number of aliphatic imine (C=N–C) groups is 1. The number of rotatable bonds is 5. The molecule has 4 N–H and O–H groups in total. The summed E-state index contributed by atoms with van der Waals surface area (Å²) in [5.74, 6) is 5.51. The molecule has 1 heterocycles. The van der Waals surface area contributed by atoms with Crippen LogP contribution >= 0.6 is 24.0 Å². The lowest BCUT2D eigenvalue weighted by atomic mass is 10.1. The number of nitrogens with zero attached hydrogens (tertiary/aromatic N) is 2. The van der Waals surface area contributed by atoms with Crippen LogP contribution in [0.1, 0.15) is 21.5 Å². The van der Waals surface area contributed by atoms with E-state index in [0.717, 1.165) is 5.56 Å². The Labute approximate surface area is 189 Å². The number of hydrogen-bond donors (Lipinski definition) is 3. The van der Waals surface area contributed by atoms with Crippen LogP contribution in [0.2, 0.25) is 5.02 Å². The van der Waals surface area contributed by atoms with Crippen LogP contribution in [0.3, 0.4) is 0 Å².